The van der Waals surface area contributed by atoms with Crippen molar-refractivity contribution in [2.75, 3.05) is 33.3 Å². The molecule has 174 valence electrons. The van der Waals surface area contributed by atoms with Gasteiger partial charge in [-0.2, -0.15) is 0 Å². The molecule has 0 radical (unpaired) electrons. The van der Waals surface area contributed by atoms with Crippen LogP contribution in [0.3, 0.4) is 0 Å². The average molecular weight is 456 g/mol. The van der Waals surface area contributed by atoms with E-state index in [0.717, 1.165) is 73.5 Å². The molecule has 6 heteroatoms. The van der Waals surface area contributed by atoms with E-state index in [-0.39, 0.29) is 5.92 Å². The first-order valence-corrected chi connectivity index (χ1v) is 13.1. The number of hydrogen-bond acceptors (Lipinski definition) is 5. The summed E-state index contributed by atoms with van der Waals surface area (Å²) in [5.74, 6) is 2.40. The van der Waals surface area contributed by atoms with Gasteiger partial charge in [0.05, 0.1) is 19.3 Å². The Morgan fingerprint density at radius 2 is 1.81 bits per heavy atom. The molecule has 0 atom stereocenters. The molecule has 0 N–H and O–H groups in total. The Labute approximate surface area is 196 Å². The van der Waals surface area contributed by atoms with Gasteiger partial charge in [-0.1, -0.05) is 26.2 Å². The summed E-state index contributed by atoms with van der Waals surface area (Å²) in [6.07, 6.45) is 8.67. The van der Waals surface area contributed by atoms with Crippen molar-refractivity contribution >= 4 is 17.2 Å². The summed E-state index contributed by atoms with van der Waals surface area (Å²) in [6.45, 7) is 6.72. The molecule has 1 aliphatic heterocycles. The predicted octanol–water partition coefficient (Wildman–Crippen LogP) is 5.46. The van der Waals surface area contributed by atoms with E-state index < -0.39 is 0 Å². The number of ether oxygens (including phenoxy) is 1. The van der Waals surface area contributed by atoms with Gasteiger partial charge in [-0.05, 0) is 55.9 Å². The number of rotatable bonds is 8. The summed E-state index contributed by atoms with van der Waals surface area (Å²) in [7, 11) is 1.68. The lowest BCUT2D eigenvalue weighted by Gasteiger charge is -2.37. The predicted molar refractivity (Wildman–Crippen MR) is 131 cm³/mol. The van der Waals surface area contributed by atoms with Gasteiger partial charge in [0, 0.05) is 43.0 Å². The van der Waals surface area contributed by atoms with Gasteiger partial charge in [0.2, 0.25) is 5.91 Å². The molecule has 5 nitrogen and oxygen atoms in total. The number of nitrogens with zero attached hydrogens (tertiary/aromatic N) is 3. The number of hydrogen-bond donors (Lipinski definition) is 0. The lowest BCUT2D eigenvalue weighted by molar-refractivity contribution is -0.138. The molecule has 1 amide bonds. The van der Waals surface area contributed by atoms with Crippen LogP contribution >= 0.6 is 11.3 Å². The van der Waals surface area contributed by atoms with E-state index in [4.69, 9.17) is 9.72 Å². The first-order valence-electron chi connectivity index (χ1n) is 12.3. The second-order valence-corrected chi connectivity index (χ2v) is 10.3. The van der Waals surface area contributed by atoms with Crippen molar-refractivity contribution in [2.24, 2.45) is 11.8 Å². The van der Waals surface area contributed by atoms with Crippen LogP contribution in [0.15, 0.2) is 29.6 Å². The van der Waals surface area contributed by atoms with Crippen LogP contribution in [0, 0.1) is 11.8 Å². The van der Waals surface area contributed by atoms with Gasteiger partial charge in [0.1, 0.15) is 10.8 Å². The number of unbranched alkanes of at least 4 members (excludes halogenated alkanes) is 1. The highest BCUT2D eigenvalue weighted by atomic mass is 32.1. The van der Waals surface area contributed by atoms with E-state index in [2.05, 4.69) is 34.2 Å². The number of carbonyl (C=O) groups is 1. The molecule has 1 aliphatic carbocycles. The zero-order valence-corrected chi connectivity index (χ0v) is 20.4. The van der Waals surface area contributed by atoms with Crippen LogP contribution in [-0.4, -0.2) is 54.0 Å². The number of benzene rings is 1. The molecule has 1 saturated heterocycles. The molecule has 0 bridgehead atoms. The van der Waals surface area contributed by atoms with Crippen LogP contribution in [0.1, 0.15) is 56.9 Å². The van der Waals surface area contributed by atoms with Crippen LogP contribution in [0.25, 0.3) is 11.3 Å². The molecule has 4 rings (SSSR count). The quantitative estimate of drug-likeness (QED) is 0.530. The molecule has 2 fully saturated rings. The summed E-state index contributed by atoms with van der Waals surface area (Å²) in [4.78, 5) is 22.4. The number of amides is 1. The van der Waals surface area contributed by atoms with E-state index in [1.807, 2.05) is 12.1 Å². The van der Waals surface area contributed by atoms with E-state index in [0.29, 0.717) is 5.91 Å². The highest BCUT2D eigenvalue weighted by molar-refractivity contribution is 7.09. The molecule has 2 aliphatic rings. The van der Waals surface area contributed by atoms with Crippen molar-refractivity contribution in [1.29, 1.82) is 0 Å². The standard InChI is InChI=1S/C26H37N3O2S/c1-3-4-5-20-6-8-22(9-7-20)26(30)29-16-14-28(15-17-29)18-25-27-24(19-32-25)21-10-12-23(31-2)13-11-21/h10-13,19-20,22H,3-9,14-18H2,1-2H3. The molecule has 0 spiro atoms. The summed E-state index contributed by atoms with van der Waals surface area (Å²) in [6, 6.07) is 8.06. The van der Waals surface area contributed by atoms with Gasteiger partial charge in [0.15, 0.2) is 0 Å². The van der Waals surface area contributed by atoms with E-state index in [9.17, 15) is 4.79 Å². The van der Waals surface area contributed by atoms with Crippen LogP contribution < -0.4 is 4.74 Å². The van der Waals surface area contributed by atoms with E-state index in [1.165, 1.54) is 32.1 Å². The molecule has 1 aromatic carbocycles. The maximum Gasteiger partial charge on any atom is 0.225 e. The topological polar surface area (TPSA) is 45.7 Å². The number of carbonyl (C=O) groups excluding carboxylic acids is 1. The van der Waals surface area contributed by atoms with E-state index >= 15 is 0 Å². The van der Waals surface area contributed by atoms with Crippen molar-refractivity contribution in [3.63, 3.8) is 0 Å². The normalized spacial score (nSPS) is 22.1. The summed E-state index contributed by atoms with van der Waals surface area (Å²) in [5, 5.41) is 3.27. The van der Waals surface area contributed by atoms with Crippen molar-refractivity contribution in [3.8, 4) is 17.0 Å². The second-order valence-electron chi connectivity index (χ2n) is 9.32. The number of methoxy groups -OCH3 is 1. The Balaban J connectivity index is 1.22. The molecular weight excluding hydrogens is 418 g/mol. The lowest BCUT2D eigenvalue weighted by atomic mass is 9.79. The minimum atomic E-state index is 0.269. The van der Waals surface area contributed by atoms with Gasteiger partial charge in [-0.3, -0.25) is 9.69 Å². The Kier molecular flexibility index (Phi) is 8.20. The van der Waals surface area contributed by atoms with Crippen molar-refractivity contribution in [3.05, 3.63) is 34.7 Å². The maximum absolute atomic E-state index is 13.0. The van der Waals surface area contributed by atoms with Gasteiger partial charge >= 0.3 is 0 Å². The fourth-order valence-electron chi connectivity index (χ4n) is 5.04. The monoisotopic (exact) mass is 455 g/mol. The average Bonchev–Trinajstić information content (AvgIpc) is 3.31. The number of aromatic nitrogens is 1. The molecule has 32 heavy (non-hydrogen) atoms. The molecule has 2 heterocycles. The van der Waals surface area contributed by atoms with Gasteiger partial charge in [0.25, 0.3) is 0 Å². The third-order valence-electron chi connectivity index (χ3n) is 7.14. The van der Waals surface area contributed by atoms with Crippen molar-refractivity contribution in [2.45, 2.75) is 58.4 Å². The molecule has 2 aromatic rings. The maximum atomic E-state index is 13.0. The molecule has 1 saturated carbocycles. The Morgan fingerprint density at radius 3 is 2.47 bits per heavy atom. The third kappa shape index (κ3) is 5.90. The SMILES string of the molecule is CCCCC1CCC(C(=O)N2CCN(Cc3nc(-c4ccc(OC)cc4)cs3)CC2)CC1. The van der Waals surface area contributed by atoms with Crippen LogP contribution in [0.2, 0.25) is 0 Å². The van der Waals surface area contributed by atoms with Crippen molar-refractivity contribution < 1.29 is 9.53 Å². The fourth-order valence-corrected chi connectivity index (χ4v) is 5.89. The Bertz CT molecular complexity index is 850. The zero-order valence-electron chi connectivity index (χ0n) is 19.6. The van der Waals surface area contributed by atoms with Gasteiger partial charge in [-0.15, -0.1) is 11.3 Å². The Morgan fingerprint density at radius 1 is 1.09 bits per heavy atom. The Hall–Kier alpha value is -1.92. The van der Waals surface area contributed by atoms with Crippen LogP contribution in [-0.2, 0) is 11.3 Å². The first kappa shape index (κ1) is 23.2. The van der Waals surface area contributed by atoms with E-state index in [1.54, 1.807) is 18.4 Å². The molecule has 0 unspecified atom stereocenters. The zero-order chi connectivity index (χ0) is 22.3. The minimum Gasteiger partial charge on any atom is -0.497 e. The number of piperazine rings is 1. The first-order chi connectivity index (χ1) is 15.7. The largest absolute Gasteiger partial charge is 0.497 e. The fraction of sp³-hybridized carbons (Fsp3) is 0.615. The second kappa shape index (κ2) is 11.3. The van der Waals surface area contributed by atoms with Crippen LogP contribution in [0.4, 0.5) is 0 Å². The number of thiazole rings is 1. The lowest BCUT2D eigenvalue weighted by Crippen LogP contribution is -2.50. The summed E-state index contributed by atoms with van der Waals surface area (Å²) < 4.78 is 5.24. The minimum absolute atomic E-state index is 0.269. The van der Waals surface area contributed by atoms with Crippen molar-refractivity contribution in [1.82, 2.24) is 14.8 Å². The highest BCUT2D eigenvalue weighted by Crippen LogP contribution is 2.33. The third-order valence-corrected chi connectivity index (χ3v) is 7.98. The van der Waals surface area contributed by atoms with Gasteiger partial charge in [-0.25, -0.2) is 4.98 Å². The van der Waals surface area contributed by atoms with Crippen LogP contribution in [0.5, 0.6) is 5.75 Å². The van der Waals surface area contributed by atoms with Gasteiger partial charge < -0.3 is 9.64 Å². The molecular formula is C26H37N3O2S. The molecule has 1 aromatic heterocycles. The smallest absolute Gasteiger partial charge is 0.225 e. The highest BCUT2D eigenvalue weighted by Gasteiger charge is 2.31. The summed E-state index contributed by atoms with van der Waals surface area (Å²) in [5.41, 5.74) is 2.14. The summed E-state index contributed by atoms with van der Waals surface area (Å²) >= 11 is 1.72.